The molecule has 0 aliphatic heterocycles. The second-order valence-electron chi connectivity index (χ2n) is 4.90. The maximum Gasteiger partial charge on any atom is 0.165 e. The summed E-state index contributed by atoms with van der Waals surface area (Å²) >= 11 is 0. The molecule has 0 aromatic carbocycles. The van der Waals surface area contributed by atoms with Gasteiger partial charge >= 0.3 is 0 Å². The Morgan fingerprint density at radius 1 is 1.40 bits per heavy atom. The normalized spacial score (nSPS) is 14.2. The van der Waals surface area contributed by atoms with Gasteiger partial charge in [-0.25, -0.2) is 4.68 Å². The highest BCUT2D eigenvalue weighted by Crippen LogP contribution is 2.10. The molecule has 1 N–H and O–H groups in total. The van der Waals surface area contributed by atoms with Crippen molar-refractivity contribution in [3.05, 3.63) is 5.82 Å². The Hall–Kier alpha value is -0.970. The minimum Gasteiger partial charge on any atom is -0.305 e. The number of nitrogens with zero attached hydrogens (tertiary/aromatic N) is 4. The Morgan fingerprint density at radius 3 is 2.60 bits per heavy atom. The van der Waals surface area contributed by atoms with Crippen molar-refractivity contribution in [2.75, 3.05) is 0 Å². The van der Waals surface area contributed by atoms with E-state index < -0.39 is 0 Å². The van der Waals surface area contributed by atoms with E-state index in [4.69, 9.17) is 0 Å². The highest BCUT2D eigenvalue weighted by Gasteiger charge is 2.14. The van der Waals surface area contributed by atoms with Gasteiger partial charge in [-0.05, 0) is 44.5 Å². The van der Waals surface area contributed by atoms with E-state index in [1.165, 1.54) is 0 Å². The van der Waals surface area contributed by atoms with Gasteiger partial charge in [-0.15, -0.1) is 5.10 Å². The SMILES string of the molecule is CCC(C)n1nnnc1CNC(C)(C)C. The van der Waals surface area contributed by atoms with E-state index in [9.17, 15) is 0 Å². The standard InChI is InChI=1S/C10H21N5/c1-6-8(2)15-9(12-13-14-15)7-11-10(3,4)5/h8,11H,6-7H2,1-5H3. The summed E-state index contributed by atoms with van der Waals surface area (Å²) in [5.41, 5.74) is 0.0895. The molecule has 5 heteroatoms. The Morgan fingerprint density at radius 2 is 2.07 bits per heavy atom. The molecule has 0 aliphatic carbocycles. The zero-order valence-corrected chi connectivity index (χ0v) is 10.3. The highest BCUT2D eigenvalue weighted by atomic mass is 15.6. The van der Waals surface area contributed by atoms with Crippen LogP contribution >= 0.6 is 0 Å². The predicted octanol–water partition coefficient (Wildman–Crippen LogP) is 1.53. The van der Waals surface area contributed by atoms with Crippen LogP contribution in [0.25, 0.3) is 0 Å². The molecule has 86 valence electrons. The summed E-state index contributed by atoms with van der Waals surface area (Å²) in [5.74, 6) is 0.902. The number of aromatic nitrogens is 4. The minimum atomic E-state index is 0.0895. The molecule has 0 saturated heterocycles. The van der Waals surface area contributed by atoms with Gasteiger partial charge < -0.3 is 5.32 Å². The predicted molar refractivity (Wildman–Crippen MR) is 59.4 cm³/mol. The van der Waals surface area contributed by atoms with Crippen LogP contribution in [0.1, 0.15) is 52.9 Å². The average Bonchev–Trinajstić information content (AvgIpc) is 2.60. The molecule has 1 atom stereocenters. The van der Waals surface area contributed by atoms with E-state index in [1.54, 1.807) is 0 Å². The molecule has 1 aromatic rings. The van der Waals surface area contributed by atoms with Crippen molar-refractivity contribution in [2.24, 2.45) is 0 Å². The van der Waals surface area contributed by atoms with Crippen LogP contribution in [0, 0.1) is 0 Å². The van der Waals surface area contributed by atoms with Gasteiger partial charge in [-0.2, -0.15) is 0 Å². The average molecular weight is 211 g/mol. The van der Waals surface area contributed by atoms with Crippen molar-refractivity contribution in [1.29, 1.82) is 0 Å². The van der Waals surface area contributed by atoms with Crippen molar-refractivity contribution < 1.29 is 0 Å². The van der Waals surface area contributed by atoms with Crippen LogP contribution < -0.4 is 5.32 Å². The quantitative estimate of drug-likeness (QED) is 0.820. The minimum absolute atomic E-state index is 0.0895. The summed E-state index contributed by atoms with van der Waals surface area (Å²) in [4.78, 5) is 0. The van der Waals surface area contributed by atoms with E-state index in [2.05, 4.69) is 55.5 Å². The third kappa shape index (κ3) is 3.58. The molecule has 1 unspecified atom stereocenters. The lowest BCUT2D eigenvalue weighted by atomic mass is 10.1. The van der Waals surface area contributed by atoms with Crippen LogP contribution in [0.4, 0.5) is 0 Å². The van der Waals surface area contributed by atoms with Gasteiger partial charge in [-0.3, -0.25) is 0 Å². The van der Waals surface area contributed by atoms with E-state index >= 15 is 0 Å². The van der Waals surface area contributed by atoms with Crippen molar-refractivity contribution in [1.82, 2.24) is 25.5 Å². The summed E-state index contributed by atoms with van der Waals surface area (Å²) in [6.07, 6.45) is 1.04. The topological polar surface area (TPSA) is 55.6 Å². The summed E-state index contributed by atoms with van der Waals surface area (Å²) in [7, 11) is 0. The fraction of sp³-hybridized carbons (Fsp3) is 0.900. The first-order chi connectivity index (χ1) is 6.94. The molecule has 0 bridgehead atoms. The van der Waals surface area contributed by atoms with Crippen LogP contribution in [-0.2, 0) is 6.54 Å². The molecular weight excluding hydrogens is 190 g/mol. The number of tetrazole rings is 1. The summed E-state index contributed by atoms with van der Waals surface area (Å²) in [6, 6.07) is 0.358. The number of rotatable bonds is 4. The molecule has 0 amide bonds. The van der Waals surface area contributed by atoms with Crippen molar-refractivity contribution in [2.45, 2.75) is 59.2 Å². The molecule has 0 fully saturated rings. The molecule has 1 aromatic heterocycles. The van der Waals surface area contributed by atoms with Crippen LogP contribution in [0.15, 0.2) is 0 Å². The molecule has 0 radical (unpaired) electrons. The monoisotopic (exact) mass is 211 g/mol. The number of hydrogen-bond acceptors (Lipinski definition) is 4. The lowest BCUT2D eigenvalue weighted by Crippen LogP contribution is -2.36. The van der Waals surface area contributed by atoms with Crippen molar-refractivity contribution in [3.63, 3.8) is 0 Å². The van der Waals surface area contributed by atoms with E-state index in [1.807, 2.05) is 4.68 Å². The van der Waals surface area contributed by atoms with Gasteiger partial charge in [0.25, 0.3) is 0 Å². The molecule has 0 aliphatic rings. The molecule has 5 nitrogen and oxygen atoms in total. The van der Waals surface area contributed by atoms with Crippen LogP contribution in [-0.4, -0.2) is 25.7 Å². The molecule has 0 spiro atoms. The van der Waals surface area contributed by atoms with Crippen molar-refractivity contribution >= 4 is 0 Å². The van der Waals surface area contributed by atoms with Gasteiger partial charge in [0.05, 0.1) is 12.6 Å². The van der Waals surface area contributed by atoms with Crippen molar-refractivity contribution in [3.8, 4) is 0 Å². The Labute approximate surface area is 91.2 Å². The smallest absolute Gasteiger partial charge is 0.165 e. The van der Waals surface area contributed by atoms with Gasteiger partial charge in [0.1, 0.15) is 0 Å². The summed E-state index contributed by atoms with van der Waals surface area (Å²) < 4.78 is 1.89. The van der Waals surface area contributed by atoms with Gasteiger partial charge in [-0.1, -0.05) is 6.92 Å². The van der Waals surface area contributed by atoms with Crippen LogP contribution in [0.3, 0.4) is 0 Å². The fourth-order valence-corrected chi connectivity index (χ4v) is 1.19. The molecule has 1 heterocycles. The summed E-state index contributed by atoms with van der Waals surface area (Å²) in [6.45, 7) is 11.4. The maximum absolute atomic E-state index is 4.03. The fourth-order valence-electron chi connectivity index (χ4n) is 1.19. The first kappa shape index (κ1) is 12.1. The Bertz CT molecular complexity index is 299. The third-order valence-electron chi connectivity index (χ3n) is 2.35. The maximum atomic E-state index is 4.03. The third-order valence-corrected chi connectivity index (χ3v) is 2.35. The largest absolute Gasteiger partial charge is 0.305 e. The molecular formula is C10H21N5. The highest BCUT2D eigenvalue weighted by molar-refractivity contribution is 4.85. The molecule has 1 rings (SSSR count). The molecule has 15 heavy (non-hydrogen) atoms. The molecule has 0 saturated carbocycles. The first-order valence-electron chi connectivity index (χ1n) is 5.46. The van der Waals surface area contributed by atoms with Gasteiger partial charge in [0.15, 0.2) is 5.82 Å². The lowest BCUT2D eigenvalue weighted by Gasteiger charge is -2.20. The number of hydrogen-bond donors (Lipinski definition) is 1. The zero-order chi connectivity index (χ0) is 11.5. The Balaban J connectivity index is 2.65. The zero-order valence-electron chi connectivity index (χ0n) is 10.3. The second-order valence-corrected chi connectivity index (χ2v) is 4.90. The van der Waals surface area contributed by atoms with Crippen LogP contribution in [0.2, 0.25) is 0 Å². The van der Waals surface area contributed by atoms with Gasteiger partial charge in [0.2, 0.25) is 0 Å². The van der Waals surface area contributed by atoms with Gasteiger partial charge in [0, 0.05) is 5.54 Å². The van der Waals surface area contributed by atoms with Crippen LogP contribution in [0.5, 0.6) is 0 Å². The van der Waals surface area contributed by atoms with E-state index in [0.717, 1.165) is 12.2 Å². The second kappa shape index (κ2) is 4.70. The Kier molecular flexibility index (Phi) is 3.79. The van der Waals surface area contributed by atoms with E-state index in [0.29, 0.717) is 12.6 Å². The lowest BCUT2D eigenvalue weighted by molar-refractivity contribution is 0.390. The first-order valence-corrected chi connectivity index (χ1v) is 5.46. The van der Waals surface area contributed by atoms with E-state index in [-0.39, 0.29) is 5.54 Å². The number of nitrogens with one attached hydrogen (secondary N) is 1. The summed E-state index contributed by atoms with van der Waals surface area (Å²) in [5, 5.41) is 15.1.